The van der Waals surface area contributed by atoms with Crippen molar-refractivity contribution in [2.45, 2.75) is 62.7 Å². The molecule has 58 heavy (non-hydrogen) atoms. The number of amides is 3. The van der Waals surface area contributed by atoms with Gasteiger partial charge >= 0.3 is 6.18 Å². The van der Waals surface area contributed by atoms with Gasteiger partial charge in [-0.25, -0.2) is 4.39 Å². The first-order valence-corrected chi connectivity index (χ1v) is 19.7. The predicted molar refractivity (Wildman–Crippen MR) is 207 cm³/mol. The van der Waals surface area contributed by atoms with E-state index in [0.29, 0.717) is 47.8 Å². The highest BCUT2D eigenvalue weighted by Gasteiger charge is 2.40. The predicted octanol–water partition coefficient (Wildman–Crippen LogP) is 6.99. The number of aromatic hydroxyl groups is 1. The van der Waals surface area contributed by atoms with Crippen molar-refractivity contribution in [3.63, 3.8) is 0 Å². The summed E-state index contributed by atoms with van der Waals surface area (Å²) in [5.41, 5.74) is 3.10. The van der Waals surface area contributed by atoms with E-state index in [1.807, 2.05) is 36.4 Å². The number of carbonyl (C=O) groups is 3. The maximum absolute atomic E-state index is 14.2. The number of piperidine rings is 1. The smallest absolute Gasteiger partial charge is 0.419 e. The molecular formula is C44H44F4N4O6. The number of hydrogen-bond acceptors (Lipinski definition) is 8. The van der Waals surface area contributed by atoms with Crippen LogP contribution in [0.3, 0.4) is 0 Å². The number of phenolic OH excluding ortho intramolecular Hbond substituents is 1. The van der Waals surface area contributed by atoms with Crippen LogP contribution in [0.4, 0.5) is 23.2 Å². The number of ether oxygens (including phenoxy) is 2. The van der Waals surface area contributed by atoms with E-state index < -0.39 is 41.3 Å². The molecule has 2 saturated heterocycles. The molecule has 14 heteroatoms. The summed E-state index contributed by atoms with van der Waals surface area (Å²) < 4.78 is 67.0. The van der Waals surface area contributed by atoms with E-state index >= 15 is 0 Å². The van der Waals surface area contributed by atoms with Crippen molar-refractivity contribution in [2.24, 2.45) is 0 Å². The van der Waals surface area contributed by atoms with Gasteiger partial charge in [-0.1, -0.05) is 24.3 Å². The third-order valence-corrected chi connectivity index (χ3v) is 11.7. The summed E-state index contributed by atoms with van der Waals surface area (Å²) in [5.74, 6) is -2.03. The molecule has 0 saturated carbocycles. The van der Waals surface area contributed by atoms with Crippen LogP contribution in [-0.4, -0.2) is 84.6 Å². The maximum Gasteiger partial charge on any atom is 0.419 e. The molecule has 0 radical (unpaired) electrons. The minimum Gasteiger partial charge on any atom is -0.508 e. The Kier molecular flexibility index (Phi) is 11.0. The lowest BCUT2D eigenvalue weighted by Gasteiger charge is -2.36. The number of halogens is 4. The Bertz CT molecular complexity index is 2190. The number of benzene rings is 4. The molecule has 10 nitrogen and oxygen atoms in total. The van der Waals surface area contributed by atoms with Gasteiger partial charge in [-0.3, -0.25) is 24.6 Å². The Labute approximate surface area is 333 Å². The fraction of sp³-hybridized carbons (Fsp3) is 0.386. The number of phenols is 1. The first kappa shape index (κ1) is 39.2. The summed E-state index contributed by atoms with van der Waals surface area (Å²) in [7, 11) is 0. The average Bonchev–Trinajstić information content (AvgIpc) is 3.53. The first-order chi connectivity index (χ1) is 27.9. The quantitative estimate of drug-likeness (QED) is 0.0950. The number of alkyl halides is 3. The Hall–Kier alpha value is -5.63. The fourth-order valence-electron chi connectivity index (χ4n) is 8.65. The summed E-state index contributed by atoms with van der Waals surface area (Å²) in [6.45, 7) is 5.49. The highest BCUT2D eigenvalue weighted by molar-refractivity contribution is 6.05. The van der Waals surface area contributed by atoms with Gasteiger partial charge in [0.2, 0.25) is 11.8 Å². The van der Waals surface area contributed by atoms with Crippen molar-refractivity contribution in [3.8, 4) is 17.2 Å². The molecule has 0 aliphatic carbocycles. The number of nitrogens with zero attached hydrogens (tertiary/aromatic N) is 3. The molecule has 4 aliphatic rings. The Morgan fingerprint density at radius 2 is 1.64 bits per heavy atom. The van der Waals surface area contributed by atoms with E-state index in [1.165, 1.54) is 18.2 Å². The molecule has 0 bridgehead atoms. The molecule has 8 rings (SSSR count). The highest BCUT2D eigenvalue weighted by Crippen LogP contribution is 2.48. The average molecular weight is 801 g/mol. The summed E-state index contributed by atoms with van der Waals surface area (Å²) in [6, 6.07) is 20.5. The summed E-state index contributed by atoms with van der Waals surface area (Å²) >= 11 is 0. The molecular weight excluding hydrogens is 756 g/mol. The van der Waals surface area contributed by atoms with Gasteiger partial charge in [0, 0.05) is 73.9 Å². The highest BCUT2D eigenvalue weighted by atomic mass is 19.4. The van der Waals surface area contributed by atoms with Crippen LogP contribution >= 0.6 is 0 Å². The largest absolute Gasteiger partial charge is 0.508 e. The molecule has 0 aromatic heterocycles. The van der Waals surface area contributed by atoms with Crippen molar-refractivity contribution >= 4 is 23.4 Å². The van der Waals surface area contributed by atoms with E-state index in [4.69, 9.17) is 9.47 Å². The zero-order valence-electron chi connectivity index (χ0n) is 31.8. The topological polar surface area (TPSA) is 112 Å². The van der Waals surface area contributed by atoms with Gasteiger partial charge in [-0.2, -0.15) is 13.2 Å². The molecule has 4 aromatic carbocycles. The van der Waals surface area contributed by atoms with E-state index in [9.17, 15) is 37.1 Å². The van der Waals surface area contributed by atoms with Crippen LogP contribution in [0.2, 0.25) is 0 Å². The molecule has 3 amide bonds. The minimum atomic E-state index is -4.84. The third-order valence-electron chi connectivity index (χ3n) is 11.7. The lowest BCUT2D eigenvalue weighted by molar-refractivity contribution is -0.140. The monoisotopic (exact) mass is 800 g/mol. The number of nitrogens with one attached hydrogen (secondary N) is 1. The number of hydrogen-bond donors (Lipinski definition) is 2. The minimum absolute atomic E-state index is 0.0125. The van der Waals surface area contributed by atoms with E-state index in [1.54, 1.807) is 11.0 Å². The Morgan fingerprint density at radius 3 is 2.40 bits per heavy atom. The molecule has 2 fully saturated rings. The second kappa shape index (κ2) is 16.3. The van der Waals surface area contributed by atoms with E-state index in [0.717, 1.165) is 80.9 Å². The number of piperazine rings is 1. The fourth-order valence-corrected chi connectivity index (χ4v) is 8.65. The second-order valence-electron chi connectivity index (χ2n) is 15.4. The number of carbonyl (C=O) groups excluding carboxylic acids is 3. The standard InChI is InChI=1S/C44H44F4N4O6/c45-37-13-6-28(23-36(37)44(46,47)48)35-26-58-39-24-31(53)8-12-34(39)41(35)27-4-9-32(10-5-27)57-21-3-1-2-16-50-17-19-51(20-18-50)30-7-11-33-29(22-30)25-52(43(33)56)38-14-15-40(54)49-42(38)55/h4-13,22-24,35,38,41,53H,1-3,14-21,25-26H2,(H,49,54,55)/t35?,38?,41-/m1/s1. The first-order valence-electron chi connectivity index (χ1n) is 19.7. The van der Waals surface area contributed by atoms with Gasteiger partial charge in [-0.05, 0) is 97.4 Å². The molecule has 2 unspecified atom stereocenters. The number of fused-ring (bicyclic) bond motifs is 2. The molecule has 2 N–H and O–H groups in total. The Morgan fingerprint density at radius 1 is 0.862 bits per heavy atom. The van der Waals surface area contributed by atoms with Gasteiger partial charge in [0.25, 0.3) is 5.91 Å². The molecule has 3 atom stereocenters. The zero-order valence-corrected chi connectivity index (χ0v) is 31.8. The van der Waals surface area contributed by atoms with Crippen molar-refractivity contribution in [3.05, 3.63) is 118 Å². The van der Waals surface area contributed by atoms with Crippen molar-refractivity contribution in [1.82, 2.24) is 15.1 Å². The van der Waals surface area contributed by atoms with Crippen LogP contribution in [0.15, 0.2) is 78.9 Å². The number of rotatable bonds is 11. The molecule has 4 aliphatic heterocycles. The van der Waals surface area contributed by atoms with Crippen LogP contribution in [0.25, 0.3) is 0 Å². The van der Waals surface area contributed by atoms with Crippen LogP contribution < -0.4 is 19.7 Å². The van der Waals surface area contributed by atoms with Crippen LogP contribution in [0, 0.1) is 5.82 Å². The van der Waals surface area contributed by atoms with Gasteiger partial charge < -0.3 is 24.4 Å². The van der Waals surface area contributed by atoms with Crippen molar-refractivity contribution in [1.29, 1.82) is 0 Å². The van der Waals surface area contributed by atoms with Crippen molar-refractivity contribution < 1.29 is 46.5 Å². The van der Waals surface area contributed by atoms with Gasteiger partial charge in [0.05, 0.1) is 18.8 Å². The Balaban J connectivity index is 0.799. The van der Waals surface area contributed by atoms with E-state index in [-0.39, 0.29) is 30.6 Å². The van der Waals surface area contributed by atoms with Crippen LogP contribution in [0.5, 0.6) is 17.2 Å². The van der Waals surface area contributed by atoms with E-state index in [2.05, 4.69) is 21.2 Å². The van der Waals surface area contributed by atoms with Gasteiger partial charge in [0.1, 0.15) is 29.1 Å². The molecule has 4 aromatic rings. The lowest BCUT2D eigenvalue weighted by atomic mass is 9.75. The number of anilines is 1. The summed E-state index contributed by atoms with van der Waals surface area (Å²) in [4.78, 5) is 43.4. The SMILES string of the molecule is O=C1CCC(N2Cc3cc(N4CCN(CCCCCOc5ccc([C@@H]6c7ccc(O)cc7OCC6c6ccc(F)c(C(F)(F)F)c6)cc5)CC4)ccc3C2=O)C(=O)N1. The third kappa shape index (κ3) is 8.20. The maximum atomic E-state index is 14.2. The number of imide groups is 1. The van der Waals surface area contributed by atoms with Gasteiger partial charge in [0.15, 0.2) is 0 Å². The zero-order chi connectivity index (χ0) is 40.6. The molecule has 304 valence electrons. The van der Waals surface area contributed by atoms with Crippen LogP contribution in [0.1, 0.15) is 82.1 Å². The van der Waals surface area contributed by atoms with Crippen molar-refractivity contribution in [2.75, 3.05) is 50.8 Å². The number of unbranched alkanes of at least 4 members (excludes halogenated alkanes) is 2. The normalized spacial score (nSPS) is 21.0. The van der Waals surface area contributed by atoms with Crippen LogP contribution in [-0.2, 0) is 22.3 Å². The molecule has 0 spiro atoms. The second-order valence-corrected chi connectivity index (χ2v) is 15.4. The molecule has 4 heterocycles. The summed E-state index contributed by atoms with van der Waals surface area (Å²) in [5, 5.41) is 12.4. The summed E-state index contributed by atoms with van der Waals surface area (Å²) in [6.07, 6.45) is -1.38. The van der Waals surface area contributed by atoms with Gasteiger partial charge in [-0.15, -0.1) is 0 Å². The lowest BCUT2D eigenvalue weighted by Crippen LogP contribution is -2.52.